The Balaban J connectivity index is 1.78. The lowest BCUT2D eigenvalue weighted by Crippen LogP contribution is -2.45. The standard InChI is InChI=1S/C22H22O2S2/c1-16-14-19-20(12-13-24-21(19)23)22(15-16,25-17-8-4-2-5-9-17)26-18-10-6-3-7-11-18/h2-11,15,19-20H,12-14H2,1H3/t19-,20+/m0/s1. The van der Waals surface area contributed by atoms with Gasteiger partial charge in [0.25, 0.3) is 0 Å². The van der Waals surface area contributed by atoms with Crippen molar-refractivity contribution in [1.82, 2.24) is 0 Å². The van der Waals surface area contributed by atoms with Crippen molar-refractivity contribution in [3.63, 3.8) is 0 Å². The van der Waals surface area contributed by atoms with E-state index in [1.807, 2.05) is 35.7 Å². The van der Waals surface area contributed by atoms with Gasteiger partial charge in [-0.05, 0) is 44.0 Å². The van der Waals surface area contributed by atoms with Crippen LogP contribution in [0.1, 0.15) is 19.8 Å². The Morgan fingerprint density at radius 2 is 1.54 bits per heavy atom. The number of carbonyl (C=O) groups is 1. The van der Waals surface area contributed by atoms with Crippen molar-refractivity contribution in [2.75, 3.05) is 6.61 Å². The number of esters is 1. The van der Waals surface area contributed by atoms with Gasteiger partial charge in [0, 0.05) is 15.7 Å². The van der Waals surface area contributed by atoms with Crippen LogP contribution in [0.5, 0.6) is 0 Å². The summed E-state index contributed by atoms with van der Waals surface area (Å²) >= 11 is 3.75. The van der Waals surface area contributed by atoms with Crippen molar-refractivity contribution < 1.29 is 9.53 Å². The van der Waals surface area contributed by atoms with E-state index in [0.29, 0.717) is 6.61 Å². The molecular weight excluding hydrogens is 360 g/mol. The van der Waals surface area contributed by atoms with Gasteiger partial charge in [0.05, 0.1) is 16.6 Å². The Bertz CT molecular complexity index is 760. The van der Waals surface area contributed by atoms with Crippen molar-refractivity contribution >= 4 is 29.5 Å². The molecule has 1 saturated heterocycles. The average molecular weight is 383 g/mol. The minimum absolute atomic E-state index is 0.0274. The molecule has 0 amide bonds. The highest BCUT2D eigenvalue weighted by molar-refractivity contribution is 8.18. The maximum atomic E-state index is 12.5. The van der Waals surface area contributed by atoms with E-state index in [2.05, 4.69) is 61.5 Å². The Hall–Kier alpha value is -1.65. The lowest BCUT2D eigenvalue weighted by atomic mass is 9.76. The fourth-order valence-corrected chi connectivity index (χ4v) is 7.35. The lowest BCUT2D eigenvalue weighted by Gasteiger charge is -2.46. The first-order valence-electron chi connectivity index (χ1n) is 8.99. The van der Waals surface area contributed by atoms with Crippen LogP contribution in [0.25, 0.3) is 0 Å². The summed E-state index contributed by atoms with van der Waals surface area (Å²) in [6.07, 6.45) is 4.14. The van der Waals surface area contributed by atoms with Crippen LogP contribution in [-0.2, 0) is 9.53 Å². The van der Waals surface area contributed by atoms with E-state index in [-0.39, 0.29) is 21.9 Å². The Labute approximate surface area is 163 Å². The number of ether oxygens (including phenoxy) is 1. The van der Waals surface area contributed by atoms with Gasteiger partial charge in [-0.3, -0.25) is 4.79 Å². The predicted octanol–water partition coefficient (Wildman–Crippen LogP) is 5.80. The van der Waals surface area contributed by atoms with Crippen molar-refractivity contribution in [2.24, 2.45) is 11.8 Å². The number of thioether (sulfide) groups is 2. The first-order chi connectivity index (χ1) is 12.7. The van der Waals surface area contributed by atoms with Gasteiger partial charge in [-0.2, -0.15) is 0 Å². The molecule has 0 unspecified atom stereocenters. The van der Waals surface area contributed by atoms with Crippen molar-refractivity contribution in [2.45, 2.75) is 33.6 Å². The van der Waals surface area contributed by atoms with Crippen LogP contribution in [0.3, 0.4) is 0 Å². The smallest absolute Gasteiger partial charge is 0.309 e. The second kappa shape index (κ2) is 7.53. The van der Waals surface area contributed by atoms with Gasteiger partial charge in [-0.15, -0.1) is 23.5 Å². The van der Waals surface area contributed by atoms with Gasteiger partial charge in [-0.1, -0.05) is 48.0 Å². The second-order valence-corrected chi connectivity index (χ2v) is 9.88. The zero-order valence-electron chi connectivity index (χ0n) is 14.8. The van der Waals surface area contributed by atoms with Gasteiger partial charge in [0.15, 0.2) is 0 Å². The molecule has 134 valence electrons. The summed E-state index contributed by atoms with van der Waals surface area (Å²) in [5.74, 6) is 0.199. The first kappa shape index (κ1) is 17.7. The van der Waals surface area contributed by atoms with Crippen LogP contribution in [0.2, 0.25) is 0 Å². The average Bonchev–Trinajstić information content (AvgIpc) is 2.64. The van der Waals surface area contributed by atoms with Gasteiger partial charge < -0.3 is 4.74 Å². The molecular formula is C22H22O2S2. The van der Waals surface area contributed by atoms with E-state index in [1.54, 1.807) is 0 Å². The quantitative estimate of drug-likeness (QED) is 0.379. The van der Waals surface area contributed by atoms with E-state index >= 15 is 0 Å². The number of allylic oxidation sites excluding steroid dienone is 1. The number of carbonyl (C=O) groups excluding carboxylic acids is 1. The minimum atomic E-state index is -0.199. The molecule has 26 heavy (non-hydrogen) atoms. The molecule has 1 fully saturated rings. The van der Waals surface area contributed by atoms with Crippen molar-refractivity contribution in [3.8, 4) is 0 Å². The molecule has 1 aliphatic heterocycles. The van der Waals surface area contributed by atoms with Crippen LogP contribution < -0.4 is 0 Å². The Kier molecular flexibility index (Phi) is 5.14. The van der Waals surface area contributed by atoms with E-state index in [4.69, 9.17) is 4.74 Å². The predicted molar refractivity (Wildman–Crippen MR) is 108 cm³/mol. The SMILES string of the molecule is CC1=CC(Sc2ccccc2)(Sc2ccccc2)[C@@H]2CCOC(=O)[C@H]2C1. The molecule has 2 aliphatic rings. The number of benzene rings is 2. The molecule has 2 aromatic carbocycles. The molecule has 4 heteroatoms. The molecule has 2 aromatic rings. The topological polar surface area (TPSA) is 26.3 Å². The summed E-state index contributed by atoms with van der Waals surface area (Å²) in [4.78, 5) is 15.0. The molecule has 4 rings (SSSR count). The minimum Gasteiger partial charge on any atom is -0.465 e. The number of fused-ring (bicyclic) bond motifs is 1. The third kappa shape index (κ3) is 3.58. The maximum absolute atomic E-state index is 12.5. The van der Waals surface area contributed by atoms with Crippen molar-refractivity contribution in [1.29, 1.82) is 0 Å². The second-order valence-electron chi connectivity index (χ2n) is 6.92. The third-order valence-electron chi connectivity index (χ3n) is 5.01. The van der Waals surface area contributed by atoms with Gasteiger partial charge in [-0.25, -0.2) is 0 Å². The molecule has 0 aromatic heterocycles. The monoisotopic (exact) mass is 382 g/mol. The van der Waals surface area contributed by atoms with E-state index in [9.17, 15) is 4.79 Å². The third-order valence-corrected chi connectivity index (χ3v) is 8.00. The normalized spacial score (nSPS) is 24.3. The number of cyclic esters (lactones) is 1. The summed E-state index contributed by atoms with van der Waals surface area (Å²) in [7, 11) is 0. The van der Waals surface area contributed by atoms with Gasteiger partial charge in [0.1, 0.15) is 0 Å². The molecule has 2 atom stereocenters. The van der Waals surface area contributed by atoms with E-state index < -0.39 is 0 Å². The fraction of sp³-hybridized carbons (Fsp3) is 0.318. The Morgan fingerprint density at radius 3 is 2.12 bits per heavy atom. The summed E-state index contributed by atoms with van der Waals surface area (Å²) in [5.41, 5.74) is 1.27. The van der Waals surface area contributed by atoms with Gasteiger partial charge >= 0.3 is 5.97 Å². The molecule has 0 spiro atoms. The fourth-order valence-electron chi connectivity index (χ4n) is 3.90. The maximum Gasteiger partial charge on any atom is 0.309 e. The van der Waals surface area contributed by atoms with Crippen molar-refractivity contribution in [3.05, 3.63) is 72.3 Å². The largest absolute Gasteiger partial charge is 0.465 e. The summed E-state index contributed by atoms with van der Waals surface area (Å²) in [6, 6.07) is 21.0. The summed E-state index contributed by atoms with van der Waals surface area (Å²) < 4.78 is 5.21. The first-order valence-corrected chi connectivity index (χ1v) is 10.6. The highest BCUT2D eigenvalue weighted by Gasteiger charge is 2.50. The molecule has 1 heterocycles. The molecule has 0 bridgehead atoms. The molecule has 0 N–H and O–H groups in total. The van der Waals surface area contributed by atoms with E-state index in [1.165, 1.54) is 15.4 Å². The zero-order valence-corrected chi connectivity index (χ0v) is 16.4. The zero-order chi connectivity index (χ0) is 18.0. The molecule has 0 saturated carbocycles. The molecule has 1 aliphatic carbocycles. The number of hydrogen-bond donors (Lipinski definition) is 0. The van der Waals surface area contributed by atoms with Crippen LogP contribution >= 0.6 is 23.5 Å². The van der Waals surface area contributed by atoms with E-state index in [0.717, 1.165) is 12.8 Å². The summed E-state index contributed by atoms with van der Waals surface area (Å²) in [5, 5.41) is 0. The Morgan fingerprint density at radius 1 is 0.962 bits per heavy atom. The van der Waals surface area contributed by atoms with Crippen LogP contribution in [0.4, 0.5) is 0 Å². The molecule has 2 nitrogen and oxygen atoms in total. The highest BCUT2D eigenvalue weighted by Crippen LogP contribution is 2.58. The number of hydrogen-bond acceptors (Lipinski definition) is 4. The lowest BCUT2D eigenvalue weighted by molar-refractivity contribution is -0.156. The van der Waals surface area contributed by atoms with Crippen LogP contribution in [-0.4, -0.2) is 16.7 Å². The number of rotatable bonds is 4. The molecule has 0 radical (unpaired) electrons. The van der Waals surface area contributed by atoms with Gasteiger partial charge in [0.2, 0.25) is 0 Å². The van der Waals surface area contributed by atoms with Crippen LogP contribution in [0.15, 0.2) is 82.1 Å². The summed E-state index contributed by atoms with van der Waals surface area (Å²) in [6.45, 7) is 2.67. The van der Waals surface area contributed by atoms with Crippen LogP contribution in [0, 0.1) is 11.8 Å². The highest BCUT2D eigenvalue weighted by atomic mass is 32.2.